The number of carboxylic acid groups (broad SMARTS) is 1. The second-order valence-corrected chi connectivity index (χ2v) is 2.59. The maximum atomic E-state index is 10.4. The van der Waals surface area contributed by atoms with Crippen molar-refractivity contribution in [2.75, 3.05) is 0 Å². The van der Waals surface area contributed by atoms with Crippen LogP contribution in [0, 0.1) is 5.92 Å². The third-order valence-electron chi connectivity index (χ3n) is 1.75. The Morgan fingerprint density at radius 3 is 2.08 bits per heavy atom. The van der Waals surface area contributed by atoms with E-state index in [1.54, 1.807) is 0 Å². The van der Waals surface area contributed by atoms with Gasteiger partial charge in [-0.25, -0.2) is 0 Å². The summed E-state index contributed by atoms with van der Waals surface area (Å²) in [6.45, 7) is 4.00. The van der Waals surface area contributed by atoms with Crippen LogP contribution >= 0.6 is 0 Å². The zero-order valence-electron chi connectivity index (χ0n) is 7.36. The Labute approximate surface area is 106 Å². The molecule has 4 heteroatoms. The van der Waals surface area contributed by atoms with Gasteiger partial charge in [-0.05, 0) is 12.8 Å². The number of carboxylic acids is 1. The van der Waals surface area contributed by atoms with Gasteiger partial charge in [-0.15, -0.1) is 0 Å². The molecule has 82 valence electrons. The average molecular weight is 360 g/mol. The minimum absolute atomic E-state index is 0. The van der Waals surface area contributed by atoms with Crippen molar-refractivity contribution in [3.8, 4) is 0 Å². The first-order valence-electron chi connectivity index (χ1n) is 3.95. The molecule has 1 atom stereocenters. The van der Waals surface area contributed by atoms with E-state index in [0.717, 1.165) is 25.7 Å². The smallest absolute Gasteiger partial charge is 0.306 e. The van der Waals surface area contributed by atoms with Crippen molar-refractivity contribution in [3.05, 3.63) is 0 Å². The van der Waals surface area contributed by atoms with E-state index in [1.807, 2.05) is 6.92 Å². The Bertz CT molecular complexity index is 107. The van der Waals surface area contributed by atoms with Crippen LogP contribution < -0.4 is 0 Å². The number of unbranched alkanes of at least 4 members (excludes halogenated alkanes) is 1. The van der Waals surface area contributed by atoms with Crippen molar-refractivity contribution in [2.45, 2.75) is 39.5 Å². The first kappa shape index (κ1) is 18.7. The van der Waals surface area contributed by atoms with Crippen molar-refractivity contribution in [3.63, 3.8) is 0 Å². The van der Waals surface area contributed by atoms with Crippen LogP contribution in [0.1, 0.15) is 39.5 Å². The minimum Gasteiger partial charge on any atom is -0.481 e. The Morgan fingerprint density at radius 1 is 1.33 bits per heavy atom. The monoisotopic (exact) mass is 358 g/mol. The van der Waals surface area contributed by atoms with Crippen LogP contribution in [-0.2, 0) is 49.6 Å². The van der Waals surface area contributed by atoms with Gasteiger partial charge in [0.2, 0.25) is 0 Å². The van der Waals surface area contributed by atoms with E-state index in [-0.39, 0.29) is 50.7 Å². The molecule has 0 aromatic rings. The molecule has 0 spiro atoms. The zero-order valence-corrected chi connectivity index (χ0v) is 10.3. The van der Waals surface area contributed by atoms with Gasteiger partial charge in [0, 0.05) is 44.8 Å². The topological polar surface area (TPSA) is 37.3 Å². The molecule has 0 aliphatic rings. The zero-order chi connectivity index (χ0) is 7.98. The van der Waals surface area contributed by atoms with Gasteiger partial charge < -0.3 is 5.11 Å². The van der Waals surface area contributed by atoms with Gasteiger partial charge in [0.15, 0.2) is 0 Å². The second-order valence-electron chi connectivity index (χ2n) is 2.59. The normalized spacial score (nSPS) is 10.8. The third-order valence-corrected chi connectivity index (χ3v) is 1.75. The van der Waals surface area contributed by atoms with Gasteiger partial charge in [-0.2, -0.15) is 0 Å². The summed E-state index contributed by atoms with van der Waals surface area (Å²) in [4.78, 5) is 10.4. The van der Waals surface area contributed by atoms with Crippen molar-refractivity contribution in [1.29, 1.82) is 0 Å². The van der Waals surface area contributed by atoms with Crippen molar-refractivity contribution < 1.29 is 54.7 Å². The van der Waals surface area contributed by atoms with Crippen LogP contribution in [-0.4, -0.2) is 11.1 Å². The largest absolute Gasteiger partial charge is 0.481 e. The molecule has 0 saturated heterocycles. The van der Waals surface area contributed by atoms with Gasteiger partial charge in [-0.3, -0.25) is 4.79 Å². The number of hydrogen-bond acceptors (Lipinski definition) is 1. The second kappa shape index (κ2) is 12.0. The van der Waals surface area contributed by atoms with E-state index >= 15 is 0 Å². The molecule has 12 heavy (non-hydrogen) atoms. The SMILES string of the molecule is CCCCC(CC)C(=O)O.[Ag].[Ag]. The number of carbonyl (C=O) groups is 1. The molecule has 2 radical (unpaired) electrons. The fourth-order valence-electron chi connectivity index (χ4n) is 0.953. The van der Waals surface area contributed by atoms with Crippen molar-refractivity contribution in [2.24, 2.45) is 5.92 Å². The van der Waals surface area contributed by atoms with Crippen LogP contribution in [0.15, 0.2) is 0 Å². The van der Waals surface area contributed by atoms with Gasteiger partial charge in [0.05, 0.1) is 5.92 Å². The third kappa shape index (κ3) is 9.04. The maximum absolute atomic E-state index is 10.4. The van der Waals surface area contributed by atoms with Crippen LogP contribution in [0.5, 0.6) is 0 Å². The predicted octanol–water partition coefficient (Wildman–Crippen LogP) is 2.28. The number of hydrogen-bond donors (Lipinski definition) is 1. The predicted molar refractivity (Wildman–Crippen MR) is 40.9 cm³/mol. The molecule has 0 saturated carbocycles. The van der Waals surface area contributed by atoms with E-state index in [9.17, 15) is 4.79 Å². The summed E-state index contributed by atoms with van der Waals surface area (Å²) in [5.41, 5.74) is 0. The molecule has 0 aliphatic carbocycles. The fourth-order valence-corrected chi connectivity index (χ4v) is 0.953. The van der Waals surface area contributed by atoms with Gasteiger partial charge >= 0.3 is 5.97 Å². The molecular weight excluding hydrogens is 344 g/mol. The molecule has 2 nitrogen and oxygen atoms in total. The van der Waals surface area contributed by atoms with Crippen LogP contribution in [0.4, 0.5) is 0 Å². The summed E-state index contributed by atoms with van der Waals surface area (Å²) in [5.74, 6) is -0.754. The summed E-state index contributed by atoms with van der Waals surface area (Å²) >= 11 is 0. The molecule has 1 N–H and O–H groups in total. The average Bonchev–Trinajstić information content (AvgIpc) is 1.89. The fraction of sp³-hybridized carbons (Fsp3) is 0.875. The Hall–Kier alpha value is 0.951. The molecular formula is C8H16Ag2O2. The molecule has 0 amide bonds. The Morgan fingerprint density at radius 2 is 1.83 bits per heavy atom. The first-order chi connectivity index (χ1) is 4.72. The summed E-state index contributed by atoms with van der Waals surface area (Å²) in [6.07, 6.45) is 3.71. The molecule has 0 fully saturated rings. The Kier molecular flexibility index (Phi) is 18.6. The van der Waals surface area contributed by atoms with Crippen molar-refractivity contribution in [1.82, 2.24) is 0 Å². The van der Waals surface area contributed by atoms with Gasteiger partial charge in [0.25, 0.3) is 0 Å². The molecule has 0 bridgehead atoms. The summed E-state index contributed by atoms with van der Waals surface area (Å²) < 4.78 is 0. The standard InChI is InChI=1S/C8H16O2.2Ag/c1-3-5-6-7(4-2)8(9)10;;/h7H,3-6H2,1-2H3,(H,9,10);;. The van der Waals surface area contributed by atoms with Gasteiger partial charge in [-0.1, -0.05) is 26.7 Å². The molecule has 0 aliphatic heterocycles. The van der Waals surface area contributed by atoms with E-state index in [1.165, 1.54) is 0 Å². The molecule has 0 aromatic heterocycles. The Balaban J connectivity index is -0.000000405. The van der Waals surface area contributed by atoms with E-state index in [0.29, 0.717) is 0 Å². The molecule has 0 rings (SSSR count). The van der Waals surface area contributed by atoms with E-state index in [2.05, 4.69) is 6.92 Å². The van der Waals surface area contributed by atoms with Crippen LogP contribution in [0.25, 0.3) is 0 Å². The maximum Gasteiger partial charge on any atom is 0.306 e. The van der Waals surface area contributed by atoms with Crippen LogP contribution in [0.2, 0.25) is 0 Å². The summed E-state index contributed by atoms with van der Waals surface area (Å²) in [5, 5.41) is 8.60. The number of rotatable bonds is 5. The molecule has 0 aromatic carbocycles. The van der Waals surface area contributed by atoms with Crippen LogP contribution in [0.3, 0.4) is 0 Å². The summed E-state index contributed by atoms with van der Waals surface area (Å²) in [7, 11) is 0. The van der Waals surface area contributed by atoms with E-state index < -0.39 is 5.97 Å². The molecule has 1 unspecified atom stereocenters. The quantitative estimate of drug-likeness (QED) is 0.765. The number of aliphatic carboxylic acids is 1. The van der Waals surface area contributed by atoms with Crippen molar-refractivity contribution >= 4 is 5.97 Å². The van der Waals surface area contributed by atoms with E-state index in [4.69, 9.17) is 5.11 Å². The van der Waals surface area contributed by atoms with Gasteiger partial charge in [0.1, 0.15) is 0 Å². The minimum atomic E-state index is -0.643. The summed E-state index contributed by atoms with van der Waals surface area (Å²) in [6, 6.07) is 0. The first-order valence-corrected chi connectivity index (χ1v) is 3.95. The molecule has 0 heterocycles.